The molecule has 28 heavy (non-hydrogen) atoms. The Kier molecular flexibility index (Phi) is 6.39. The van der Waals surface area contributed by atoms with Crippen molar-refractivity contribution in [3.8, 4) is 5.75 Å². The highest BCUT2D eigenvalue weighted by Gasteiger charge is 2.25. The fourth-order valence-electron chi connectivity index (χ4n) is 3.74. The van der Waals surface area contributed by atoms with E-state index in [-0.39, 0.29) is 28.7 Å². The van der Waals surface area contributed by atoms with Crippen LogP contribution in [0.3, 0.4) is 0 Å². The predicted molar refractivity (Wildman–Crippen MR) is 98.9 cm³/mol. The van der Waals surface area contributed by atoms with Crippen LogP contribution in [0.5, 0.6) is 5.75 Å². The first kappa shape index (κ1) is 20.4. The Morgan fingerprint density at radius 2 is 1.64 bits per heavy atom. The molecule has 1 saturated carbocycles. The second-order valence-corrected chi connectivity index (χ2v) is 7.06. The van der Waals surface area contributed by atoms with Crippen molar-refractivity contribution in [1.82, 2.24) is 0 Å². The van der Waals surface area contributed by atoms with E-state index in [1.165, 1.54) is 31.4 Å². The van der Waals surface area contributed by atoms with E-state index < -0.39 is 29.9 Å². The summed E-state index contributed by atoms with van der Waals surface area (Å²) in [5.74, 6) is -3.88. The molecular weight excluding hydrogens is 372 g/mol. The van der Waals surface area contributed by atoms with Crippen molar-refractivity contribution in [2.45, 2.75) is 38.2 Å². The zero-order valence-electron chi connectivity index (χ0n) is 15.5. The normalized spacial score (nSPS) is 19.9. The van der Waals surface area contributed by atoms with Gasteiger partial charge in [-0.15, -0.1) is 0 Å². The van der Waals surface area contributed by atoms with Gasteiger partial charge in [-0.05, 0) is 49.1 Å². The van der Waals surface area contributed by atoms with E-state index in [9.17, 15) is 17.6 Å². The van der Waals surface area contributed by atoms with Crippen LogP contribution in [0.1, 0.15) is 48.3 Å². The molecule has 1 aliphatic rings. The monoisotopic (exact) mass is 394 g/mol. The van der Waals surface area contributed by atoms with Crippen LogP contribution < -0.4 is 4.74 Å². The lowest BCUT2D eigenvalue weighted by molar-refractivity contribution is 0.273. The summed E-state index contributed by atoms with van der Waals surface area (Å²) < 4.78 is 60.8. The molecule has 3 rings (SSSR count). The third-order valence-electron chi connectivity index (χ3n) is 5.42. The maximum absolute atomic E-state index is 14.3. The Bertz CT molecular complexity index is 871. The van der Waals surface area contributed by atoms with Crippen molar-refractivity contribution in [3.05, 3.63) is 70.3 Å². The van der Waals surface area contributed by atoms with Gasteiger partial charge in [0.2, 0.25) is 5.82 Å². The van der Waals surface area contributed by atoms with Gasteiger partial charge in [0.15, 0.2) is 23.2 Å². The number of allylic oxidation sites excluding steroid dienone is 1. The Labute approximate surface area is 161 Å². The van der Waals surface area contributed by atoms with Crippen molar-refractivity contribution >= 4 is 6.08 Å². The van der Waals surface area contributed by atoms with E-state index in [0.717, 1.165) is 12.8 Å². The molecule has 2 aromatic carbocycles. The fraction of sp³-hybridized carbons (Fsp3) is 0.364. The topological polar surface area (TPSA) is 29.5 Å². The number of ether oxygens (including phenoxy) is 1. The maximum Gasteiger partial charge on any atom is 0.200 e. The van der Waals surface area contributed by atoms with Crippen molar-refractivity contribution in [2.24, 2.45) is 5.92 Å². The summed E-state index contributed by atoms with van der Waals surface area (Å²) >= 11 is 0. The Hall–Kier alpha value is -2.34. The molecule has 0 aliphatic heterocycles. The summed E-state index contributed by atoms with van der Waals surface area (Å²) in [6.07, 6.45) is 6.21. The summed E-state index contributed by atoms with van der Waals surface area (Å²) in [5, 5.41) is 8.97. The molecule has 0 bridgehead atoms. The van der Waals surface area contributed by atoms with Crippen LogP contribution in [0, 0.1) is 29.2 Å². The van der Waals surface area contributed by atoms with Crippen LogP contribution in [-0.2, 0) is 6.61 Å². The Balaban J connectivity index is 1.66. The van der Waals surface area contributed by atoms with Crippen molar-refractivity contribution < 1.29 is 27.4 Å². The second-order valence-electron chi connectivity index (χ2n) is 7.06. The van der Waals surface area contributed by atoms with E-state index in [1.807, 2.05) is 6.08 Å². The van der Waals surface area contributed by atoms with Gasteiger partial charge in [-0.1, -0.05) is 30.4 Å². The number of aliphatic hydroxyl groups excluding tert-OH is 1. The Morgan fingerprint density at radius 1 is 0.929 bits per heavy atom. The van der Waals surface area contributed by atoms with Crippen LogP contribution in [0.15, 0.2) is 30.3 Å². The van der Waals surface area contributed by atoms with Gasteiger partial charge < -0.3 is 9.84 Å². The molecule has 2 nitrogen and oxygen atoms in total. The van der Waals surface area contributed by atoms with Gasteiger partial charge in [0.1, 0.15) is 0 Å². The van der Waals surface area contributed by atoms with Gasteiger partial charge in [0.25, 0.3) is 0 Å². The molecule has 0 radical (unpaired) electrons. The number of methoxy groups -OCH3 is 1. The van der Waals surface area contributed by atoms with E-state index >= 15 is 0 Å². The van der Waals surface area contributed by atoms with Crippen LogP contribution in [0.2, 0.25) is 0 Å². The quantitative estimate of drug-likeness (QED) is 0.656. The summed E-state index contributed by atoms with van der Waals surface area (Å²) in [6.45, 7) is -0.556. The van der Waals surface area contributed by atoms with Crippen molar-refractivity contribution in [3.63, 3.8) is 0 Å². The first-order chi connectivity index (χ1) is 13.5. The van der Waals surface area contributed by atoms with Crippen LogP contribution >= 0.6 is 0 Å². The molecule has 0 aromatic heterocycles. The second kappa shape index (κ2) is 8.78. The number of hydrogen-bond donors (Lipinski definition) is 1. The van der Waals surface area contributed by atoms with Crippen LogP contribution in [0.25, 0.3) is 6.08 Å². The molecule has 0 atom stereocenters. The van der Waals surface area contributed by atoms with E-state index in [2.05, 4.69) is 0 Å². The van der Waals surface area contributed by atoms with Gasteiger partial charge >= 0.3 is 0 Å². The largest absolute Gasteiger partial charge is 0.494 e. The standard InChI is InChI=1S/C22H22F4O2/c1-28-18-11-10-17(21(25)22(18)26)14-5-2-13(3-6-14)4-7-15-8-9-16(12-27)20(24)19(15)23/h4,7-11,13-14,27H,2-3,5-6,12H2,1H3/b7-4+. The summed E-state index contributed by atoms with van der Waals surface area (Å²) in [6, 6.07) is 5.80. The smallest absolute Gasteiger partial charge is 0.200 e. The lowest BCUT2D eigenvalue weighted by atomic mass is 9.78. The first-order valence-corrected chi connectivity index (χ1v) is 9.24. The number of halogens is 4. The number of aliphatic hydroxyl groups is 1. The minimum Gasteiger partial charge on any atom is -0.494 e. The summed E-state index contributed by atoms with van der Waals surface area (Å²) in [5.41, 5.74) is 0.400. The molecule has 1 aliphatic carbocycles. The lowest BCUT2D eigenvalue weighted by Gasteiger charge is -2.27. The number of rotatable bonds is 5. The highest BCUT2D eigenvalue weighted by Crippen LogP contribution is 2.39. The molecule has 2 aromatic rings. The molecule has 0 heterocycles. The van der Waals surface area contributed by atoms with Gasteiger partial charge in [-0.25, -0.2) is 13.2 Å². The average Bonchev–Trinajstić information content (AvgIpc) is 2.72. The number of hydrogen-bond acceptors (Lipinski definition) is 2. The highest BCUT2D eigenvalue weighted by atomic mass is 19.2. The van der Waals surface area contributed by atoms with Gasteiger partial charge in [-0.3, -0.25) is 0 Å². The van der Waals surface area contributed by atoms with Crippen LogP contribution in [0.4, 0.5) is 17.6 Å². The molecule has 0 amide bonds. The SMILES string of the molecule is COc1ccc(C2CCC(/C=C/c3ccc(CO)c(F)c3F)CC2)c(F)c1F. The van der Waals surface area contributed by atoms with Crippen LogP contribution in [-0.4, -0.2) is 12.2 Å². The minimum absolute atomic E-state index is 0.0797. The zero-order valence-corrected chi connectivity index (χ0v) is 15.5. The molecule has 0 spiro atoms. The third-order valence-corrected chi connectivity index (χ3v) is 5.42. The molecular formula is C22H22F4O2. The number of benzene rings is 2. The van der Waals surface area contributed by atoms with E-state index in [1.54, 1.807) is 6.07 Å². The highest BCUT2D eigenvalue weighted by molar-refractivity contribution is 5.51. The molecule has 1 fully saturated rings. The molecule has 0 unspecified atom stereocenters. The van der Waals surface area contributed by atoms with Crippen molar-refractivity contribution in [1.29, 1.82) is 0 Å². The minimum atomic E-state index is -1.04. The first-order valence-electron chi connectivity index (χ1n) is 9.24. The lowest BCUT2D eigenvalue weighted by Crippen LogP contribution is -2.13. The van der Waals surface area contributed by atoms with Gasteiger partial charge in [0, 0.05) is 11.1 Å². The van der Waals surface area contributed by atoms with Gasteiger partial charge in [0.05, 0.1) is 13.7 Å². The van der Waals surface area contributed by atoms with Gasteiger partial charge in [-0.2, -0.15) is 4.39 Å². The predicted octanol–water partition coefficient (Wildman–Crippen LogP) is 5.73. The third kappa shape index (κ3) is 4.07. The summed E-state index contributed by atoms with van der Waals surface area (Å²) in [7, 11) is 1.29. The molecule has 0 saturated heterocycles. The Morgan fingerprint density at radius 3 is 2.29 bits per heavy atom. The maximum atomic E-state index is 14.3. The van der Waals surface area contributed by atoms with E-state index in [4.69, 9.17) is 9.84 Å². The molecule has 1 N–H and O–H groups in total. The van der Waals surface area contributed by atoms with Crippen molar-refractivity contribution in [2.75, 3.05) is 7.11 Å². The zero-order chi connectivity index (χ0) is 20.3. The summed E-state index contributed by atoms with van der Waals surface area (Å²) in [4.78, 5) is 0. The molecule has 150 valence electrons. The average molecular weight is 394 g/mol. The molecule has 6 heteroatoms. The van der Waals surface area contributed by atoms with E-state index in [0.29, 0.717) is 18.4 Å². The fourth-order valence-corrected chi connectivity index (χ4v) is 3.74.